The topological polar surface area (TPSA) is 92.4 Å². The maximum absolute atomic E-state index is 11.6. The first-order chi connectivity index (χ1) is 7.56. The Bertz CT molecular complexity index is 306. The second-order valence-corrected chi connectivity index (χ2v) is 4.99. The highest BCUT2D eigenvalue weighted by Crippen LogP contribution is 2.44. The lowest BCUT2D eigenvalue weighted by molar-refractivity contribution is -0.139. The Kier molecular flexibility index (Phi) is 3.14. The predicted molar refractivity (Wildman–Crippen MR) is 57.6 cm³/mol. The third-order valence-electron chi connectivity index (χ3n) is 3.80. The van der Waals surface area contributed by atoms with Crippen LogP contribution in [0.2, 0.25) is 0 Å². The minimum Gasteiger partial charge on any atom is -0.481 e. The normalized spacial score (nSPS) is 33.7. The Morgan fingerprint density at radius 2 is 2.12 bits per heavy atom. The van der Waals surface area contributed by atoms with Gasteiger partial charge in [-0.3, -0.25) is 9.59 Å². The number of amides is 1. The number of carbonyl (C=O) groups excluding carboxylic acids is 1. The molecule has 5 heteroatoms. The molecule has 1 amide bonds. The highest BCUT2D eigenvalue weighted by molar-refractivity contribution is 5.86. The molecule has 0 radical (unpaired) electrons. The van der Waals surface area contributed by atoms with E-state index < -0.39 is 12.0 Å². The molecule has 90 valence electrons. The SMILES string of the molecule is NC(CC(=O)O)C(=O)NC1CC2CCC1C2. The van der Waals surface area contributed by atoms with Crippen molar-refractivity contribution < 1.29 is 14.7 Å². The van der Waals surface area contributed by atoms with Gasteiger partial charge in [0.25, 0.3) is 0 Å². The van der Waals surface area contributed by atoms with Crippen LogP contribution in [0.25, 0.3) is 0 Å². The zero-order valence-electron chi connectivity index (χ0n) is 9.19. The molecule has 2 saturated carbocycles. The van der Waals surface area contributed by atoms with Gasteiger partial charge in [-0.25, -0.2) is 0 Å². The maximum Gasteiger partial charge on any atom is 0.305 e. The van der Waals surface area contributed by atoms with E-state index in [9.17, 15) is 9.59 Å². The van der Waals surface area contributed by atoms with E-state index in [4.69, 9.17) is 10.8 Å². The minimum absolute atomic E-state index is 0.228. The van der Waals surface area contributed by atoms with Crippen molar-refractivity contribution in [1.82, 2.24) is 5.32 Å². The monoisotopic (exact) mass is 226 g/mol. The van der Waals surface area contributed by atoms with E-state index in [2.05, 4.69) is 5.32 Å². The van der Waals surface area contributed by atoms with Crippen molar-refractivity contribution in [2.45, 2.75) is 44.2 Å². The van der Waals surface area contributed by atoms with Crippen LogP contribution in [0, 0.1) is 11.8 Å². The molecule has 4 unspecified atom stereocenters. The summed E-state index contributed by atoms with van der Waals surface area (Å²) in [6, 6.07) is -0.692. The molecule has 5 nitrogen and oxygen atoms in total. The first-order valence-corrected chi connectivity index (χ1v) is 5.84. The molecular weight excluding hydrogens is 208 g/mol. The van der Waals surface area contributed by atoms with Crippen LogP contribution in [0.4, 0.5) is 0 Å². The van der Waals surface area contributed by atoms with Gasteiger partial charge in [0.2, 0.25) is 5.91 Å². The van der Waals surface area contributed by atoms with Crippen LogP contribution in [0.15, 0.2) is 0 Å². The third-order valence-corrected chi connectivity index (χ3v) is 3.80. The summed E-state index contributed by atoms with van der Waals surface area (Å²) in [4.78, 5) is 22.0. The van der Waals surface area contributed by atoms with E-state index in [0.717, 1.165) is 12.3 Å². The molecule has 0 aromatic carbocycles. The quantitative estimate of drug-likeness (QED) is 0.633. The summed E-state index contributed by atoms with van der Waals surface area (Å²) in [5.41, 5.74) is 5.50. The van der Waals surface area contributed by atoms with Crippen molar-refractivity contribution in [1.29, 1.82) is 0 Å². The van der Waals surface area contributed by atoms with Crippen molar-refractivity contribution >= 4 is 11.9 Å². The highest BCUT2D eigenvalue weighted by Gasteiger charge is 2.40. The zero-order valence-corrected chi connectivity index (χ0v) is 9.19. The largest absolute Gasteiger partial charge is 0.481 e. The number of hydrogen-bond acceptors (Lipinski definition) is 3. The lowest BCUT2D eigenvalue weighted by atomic mass is 9.95. The van der Waals surface area contributed by atoms with Crippen molar-refractivity contribution in [2.24, 2.45) is 17.6 Å². The Labute approximate surface area is 94.4 Å². The average molecular weight is 226 g/mol. The van der Waals surface area contributed by atoms with Gasteiger partial charge in [-0.1, -0.05) is 6.42 Å². The molecule has 4 N–H and O–H groups in total. The first-order valence-electron chi connectivity index (χ1n) is 5.84. The number of aliphatic carboxylic acids is 1. The number of carbonyl (C=O) groups is 2. The molecule has 0 spiro atoms. The molecule has 2 rings (SSSR count). The third kappa shape index (κ3) is 2.35. The Balaban J connectivity index is 1.81. The Morgan fingerprint density at radius 3 is 2.62 bits per heavy atom. The minimum atomic E-state index is -1.03. The van der Waals surface area contributed by atoms with Gasteiger partial charge in [0.15, 0.2) is 0 Å². The number of rotatable bonds is 4. The molecule has 0 aromatic rings. The van der Waals surface area contributed by atoms with E-state index in [1.165, 1.54) is 19.3 Å². The van der Waals surface area contributed by atoms with E-state index in [1.807, 2.05) is 0 Å². The van der Waals surface area contributed by atoms with Crippen LogP contribution in [-0.2, 0) is 9.59 Å². The summed E-state index contributed by atoms with van der Waals surface area (Å²) in [6.45, 7) is 0. The van der Waals surface area contributed by atoms with Crippen molar-refractivity contribution in [3.05, 3.63) is 0 Å². The van der Waals surface area contributed by atoms with Crippen LogP contribution in [0.5, 0.6) is 0 Å². The second-order valence-electron chi connectivity index (χ2n) is 4.99. The lowest BCUT2D eigenvalue weighted by Gasteiger charge is -2.24. The second kappa shape index (κ2) is 4.41. The van der Waals surface area contributed by atoms with Crippen LogP contribution in [-0.4, -0.2) is 29.1 Å². The average Bonchev–Trinajstić information content (AvgIpc) is 2.77. The lowest BCUT2D eigenvalue weighted by Crippen LogP contribution is -2.47. The number of carboxylic acids is 1. The van der Waals surface area contributed by atoms with E-state index in [1.54, 1.807) is 0 Å². The highest BCUT2D eigenvalue weighted by atomic mass is 16.4. The van der Waals surface area contributed by atoms with Gasteiger partial charge >= 0.3 is 5.97 Å². The smallest absolute Gasteiger partial charge is 0.305 e. The van der Waals surface area contributed by atoms with Crippen LogP contribution >= 0.6 is 0 Å². The van der Waals surface area contributed by atoms with Crippen LogP contribution < -0.4 is 11.1 Å². The summed E-state index contributed by atoms with van der Waals surface area (Å²) < 4.78 is 0. The fourth-order valence-electron chi connectivity index (χ4n) is 2.99. The zero-order chi connectivity index (χ0) is 11.7. The number of carboxylic acid groups (broad SMARTS) is 1. The first kappa shape index (κ1) is 11.4. The van der Waals surface area contributed by atoms with Gasteiger partial charge in [-0.05, 0) is 31.1 Å². The van der Waals surface area contributed by atoms with Gasteiger partial charge in [-0.2, -0.15) is 0 Å². The number of hydrogen-bond donors (Lipinski definition) is 3. The number of fused-ring (bicyclic) bond motifs is 2. The standard InChI is InChI=1S/C11H18N2O3/c12-8(5-10(14)15)11(16)13-9-4-6-1-2-7(9)3-6/h6-9H,1-5,12H2,(H,13,16)(H,14,15). The summed E-state index contributed by atoms with van der Waals surface area (Å²) in [7, 11) is 0. The maximum atomic E-state index is 11.6. The fraction of sp³-hybridized carbons (Fsp3) is 0.818. The Morgan fingerprint density at radius 1 is 1.38 bits per heavy atom. The molecular formula is C11H18N2O3. The molecule has 2 fully saturated rings. The van der Waals surface area contributed by atoms with Gasteiger partial charge in [-0.15, -0.1) is 0 Å². The Hall–Kier alpha value is -1.10. The van der Waals surface area contributed by atoms with E-state index >= 15 is 0 Å². The van der Waals surface area contributed by atoms with E-state index in [-0.39, 0.29) is 18.4 Å². The number of nitrogens with one attached hydrogen (secondary N) is 1. The van der Waals surface area contributed by atoms with E-state index in [0.29, 0.717) is 5.92 Å². The summed E-state index contributed by atoms with van der Waals surface area (Å²) in [5.74, 6) is -0.00693. The molecule has 0 aromatic heterocycles. The molecule has 4 atom stereocenters. The number of nitrogens with two attached hydrogens (primary N) is 1. The van der Waals surface area contributed by atoms with Gasteiger partial charge in [0.1, 0.15) is 0 Å². The van der Waals surface area contributed by atoms with Crippen molar-refractivity contribution in [3.8, 4) is 0 Å². The molecule has 0 heterocycles. The molecule has 0 saturated heterocycles. The van der Waals surface area contributed by atoms with Gasteiger partial charge in [0, 0.05) is 6.04 Å². The van der Waals surface area contributed by atoms with Crippen LogP contribution in [0.1, 0.15) is 32.1 Å². The van der Waals surface area contributed by atoms with Gasteiger partial charge < -0.3 is 16.2 Å². The summed E-state index contributed by atoms with van der Waals surface area (Å²) in [5, 5.41) is 11.4. The molecule has 16 heavy (non-hydrogen) atoms. The molecule has 0 aliphatic heterocycles. The summed E-state index contributed by atoms with van der Waals surface area (Å²) in [6.07, 6.45) is 4.41. The summed E-state index contributed by atoms with van der Waals surface area (Å²) >= 11 is 0. The van der Waals surface area contributed by atoms with Crippen molar-refractivity contribution in [3.63, 3.8) is 0 Å². The molecule has 2 aliphatic rings. The van der Waals surface area contributed by atoms with Crippen molar-refractivity contribution in [2.75, 3.05) is 0 Å². The predicted octanol–water partition coefficient (Wildman–Crippen LogP) is 0.0932. The van der Waals surface area contributed by atoms with Gasteiger partial charge in [0.05, 0.1) is 12.5 Å². The fourth-order valence-corrected chi connectivity index (χ4v) is 2.99. The van der Waals surface area contributed by atoms with Crippen LogP contribution in [0.3, 0.4) is 0 Å². The molecule has 2 aliphatic carbocycles. The molecule has 2 bridgehead atoms.